The zero-order chi connectivity index (χ0) is 9.26. The van der Waals surface area contributed by atoms with Gasteiger partial charge in [-0.1, -0.05) is 12.1 Å². The topological polar surface area (TPSA) is 43.8 Å². The van der Waals surface area contributed by atoms with Gasteiger partial charge in [-0.15, -0.1) is 12.4 Å². The number of benzene rings is 1. The summed E-state index contributed by atoms with van der Waals surface area (Å²) in [5, 5.41) is 0. The lowest BCUT2D eigenvalue weighted by Crippen LogP contribution is -1.99. The van der Waals surface area contributed by atoms with Crippen molar-refractivity contribution in [2.24, 2.45) is 0 Å². The zero-order valence-corrected chi connectivity index (χ0v) is 8.66. The van der Waals surface area contributed by atoms with Crippen LogP contribution < -0.4 is 5.73 Å². The molecule has 3 nitrogen and oxygen atoms in total. The maximum atomic E-state index is 5.83. The van der Waals surface area contributed by atoms with Gasteiger partial charge < -0.3 is 10.3 Å². The fourth-order valence-corrected chi connectivity index (χ4v) is 1.34. The molecule has 0 radical (unpaired) electrons. The molecule has 1 heterocycles. The van der Waals surface area contributed by atoms with Gasteiger partial charge in [0, 0.05) is 12.4 Å². The van der Waals surface area contributed by atoms with E-state index < -0.39 is 0 Å². The number of aryl methyl sites for hydroxylation is 1. The highest BCUT2D eigenvalue weighted by molar-refractivity contribution is 5.85. The van der Waals surface area contributed by atoms with Crippen LogP contribution in [-0.2, 0) is 0 Å². The molecule has 1 aromatic heterocycles. The van der Waals surface area contributed by atoms with Crippen molar-refractivity contribution in [1.29, 1.82) is 0 Å². The molecule has 0 spiro atoms. The lowest BCUT2D eigenvalue weighted by molar-refractivity contribution is 0.977. The van der Waals surface area contributed by atoms with Crippen LogP contribution in [0.4, 0.5) is 5.69 Å². The molecule has 0 aliphatic carbocycles. The molecule has 4 heteroatoms. The molecule has 1 aromatic carbocycles. The number of hydrogen-bond donors (Lipinski definition) is 1. The van der Waals surface area contributed by atoms with Crippen molar-refractivity contribution in [2.75, 3.05) is 5.73 Å². The summed E-state index contributed by atoms with van der Waals surface area (Å²) in [7, 11) is 0. The first-order valence-corrected chi connectivity index (χ1v) is 4.14. The van der Waals surface area contributed by atoms with E-state index >= 15 is 0 Å². The standard InChI is InChI=1S/C10H11N3.ClH/c1-8-12-6-7-13(8)10-5-3-2-4-9(10)11;/h2-7H,11H2,1H3;1H. The smallest absolute Gasteiger partial charge is 0.110 e. The molecule has 2 N–H and O–H groups in total. The Hall–Kier alpha value is -1.48. The minimum atomic E-state index is 0. The van der Waals surface area contributed by atoms with Gasteiger partial charge in [0.05, 0.1) is 11.4 Å². The molecule has 0 atom stereocenters. The first kappa shape index (κ1) is 10.6. The monoisotopic (exact) mass is 209 g/mol. The number of halogens is 1. The first-order chi connectivity index (χ1) is 6.29. The molecule has 0 bridgehead atoms. The van der Waals surface area contributed by atoms with E-state index in [1.807, 2.05) is 42.0 Å². The van der Waals surface area contributed by atoms with Crippen LogP contribution in [0.2, 0.25) is 0 Å². The Bertz CT molecular complexity index is 423. The minimum Gasteiger partial charge on any atom is -0.397 e. The van der Waals surface area contributed by atoms with Crippen molar-refractivity contribution in [3.8, 4) is 5.69 Å². The first-order valence-electron chi connectivity index (χ1n) is 4.14. The molecule has 0 saturated heterocycles. The van der Waals surface area contributed by atoms with Crippen LogP contribution >= 0.6 is 12.4 Å². The van der Waals surface area contributed by atoms with E-state index in [2.05, 4.69) is 4.98 Å². The summed E-state index contributed by atoms with van der Waals surface area (Å²) in [6, 6.07) is 7.75. The third kappa shape index (κ3) is 1.72. The summed E-state index contributed by atoms with van der Waals surface area (Å²) >= 11 is 0. The van der Waals surface area contributed by atoms with Gasteiger partial charge in [-0.2, -0.15) is 0 Å². The van der Waals surface area contributed by atoms with Gasteiger partial charge in [0.2, 0.25) is 0 Å². The summed E-state index contributed by atoms with van der Waals surface area (Å²) in [4.78, 5) is 4.14. The Morgan fingerprint density at radius 3 is 2.57 bits per heavy atom. The summed E-state index contributed by atoms with van der Waals surface area (Å²) in [5.74, 6) is 0.943. The van der Waals surface area contributed by atoms with Gasteiger partial charge in [0.15, 0.2) is 0 Å². The Morgan fingerprint density at radius 1 is 1.29 bits per heavy atom. The van der Waals surface area contributed by atoms with Crippen LogP contribution in [0.15, 0.2) is 36.7 Å². The number of nitrogen functional groups attached to an aromatic ring is 1. The maximum Gasteiger partial charge on any atom is 0.110 e. The second-order valence-corrected chi connectivity index (χ2v) is 2.90. The van der Waals surface area contributed by atoms with Crippen molar-refractivity contribution in [3.63, 3.8) is 0 Å². The maximum absolute atomic E-state index is 5.83. The SMILES string of the molecule is Cc1nccn1-c1ccccc1N.Cl. The van der Waals surface area contributed by atoms with Crippen LogP contribution in [0.25, 0.3) is 5.69 Å². The number of para-hydroxylation sites is 2. The number of rotatable bonds is 1. The quantitative estimate of drug-likeness (QED) is 0.732. The van der Waals surface area contributed by atoms with Crippen LogP contribution in [0.3, 0.4) is 0 Å². The zero-order valence-electron chi connectivity index (χ0n) is 7.84. The molecule has 0 fully saturated rings. The number of nitrogens with two attached hydrogens (primary N) is 1. The number of imidazole rings is 1. The predicted octanol–water partition coefficient (Wildman–Crippen LogP) is 2.18. The third-order valence-corrected chi connectivity index (χ3v) is 2.02. The molecule has 2 rings (SSSR count). The summed E-state index contributed by atoms with van der Waals surface area (Å²) < 4.78 is 1.97. The van der Waals surface area contributed by atoms with E-state index in [9.17, 15) is 0 Å². The van der Waals surface area contributed by atoms with Crippen molar-refractivity contribution in [2.45, 2.75) is 6.92 Å². The highest BCUT2D eigenvalue weighted by Gasteiger charge is 2.02. The number of nitrogens with zero attached hydrogens (tertiary/aromatic N) is 2. The molecule has 0 aliphatic heterocycles. The lowest BCUT2D eigenvalue weighted by Gasteiger charge is -2.07. The second kappa shape index (κ2) is 4.15. The van der Waals surface area contributed by atoms with Gasteiger partial charge in [0.1, 0.15) is 5.82 Å². The molecule has 0 aliphatic rings. The predicted molar refractivity (Wildman–Crippen MR) is 60.0 cm³/mol. The van der Waals surface area contributed by atoms with Crippen LogP contribution in [0.5, 0.6) is 0 Å². The van der Waals surface area contributed by atoms with Crippen molar-refractivity contribution in [1.82, 2.24) is 9.55 Å². The highest BCUT2D eigenvalue weighted by atomic mass is 35.5. The molecule has 0 unspecified atom stereocenters. The molecule has 2 aromatic rings. The lowest BCUT2D eigenvalue weighted by atomic mass is 10.2. The highest BCUT2D eigenvalue weighted by Crippen LogP contribution is 2.17. The van der Waals surface area contributed by atoms with Gasteiger partial charge in [-0.3, -0.25) is 0 Å². The van der Waals surface area contributed by atoms with Crippen molar-refractivity contribution in [3.05, 3.63) is 42.5 Å². The Kier molecular flexibility index (Phi) is 3.14. The average molecular weight is 210 g/mol. The fourth-order valence-electron chi connectivity index (χ4n) is 1.34. The molecular formula is C10H12ClN3. The Labute approximate surface area is 89.0 Å². The van der Waals surface area contributed by atoms with Crippen LogP contribution in [0.1, 0.15) is 5.82 Å². The van der Waals surface area contributed by atoms with Gasteiger partial charge in [-0.25, -0.2) is 4.98 Å². The summed E-state index contributed by atoms with van der Waals surface area (Å²) in [5.41, 5.74) is 7.58. The van der Waals surface area contributed by atoms with E-state index in [1.54, 1.807) is 6.20 Å². The Morgan fingerprint density at radius 2 is 2.00 bits per heavy atom. The average Bonchev–Trinajstić information content (AvgIpc) is 2.52. The van der Waals surface area contributed by atoms with E-state index in [4.69, 9.17) is 5.73 Å². The largest absolute Gasteiger partial charge is 0.397 e. The minimum absolute atomic E-state index is 0. The van der Waals surface area contributed by atoms with Crippen molar-refractivity contribution >= 4 is 18.1 Å². The van der Waals surface area contributed by atoms with E-state index in [0.717, 1.165) is 17.2 Å². The second-order valence-electron chi connectivity index (χ2n) is 2.90. The van der Waals surface area contributed by atoms with Gasteiger partial charge >= 0.3 is 0 Å². The van der Waals surface area contributed by atoms with Crippen molar-refractivity contribution < 1.29 is 0 Å². The molecule has 14 heavy (non-hydrogen) atoms. The van der Waals surface area contributed by atoms with E-state index in [-0.39, 0.29) is 12.4 Å². The number of aromatic nitrogens is 2. The van der Waals surface area contributed by atoms with E-state index in [0.29, 0.717) is 0 Å². The summed E-state index contributed by atoms with van der Waals surface area (Å²) in [6.45, 7) is 1.95. The van der Waals surface area contributed by atoms with E-state index in [1.165, 1.54) is 0 Å². The molecule has 0 amide bonds. The molecule has 74 valence electrons. The van der Waals surface area contributed by atoms with Crippen LogP contribution in [0, 0.1) is 6.92 Å². The fraction of sp³-hybridized carbons (Fsp3) is 0.100. The third-order valence-electron chi connectivity index (χ3n) is 2.02. The normalized spacial score (nSPS) is 9.50. The molecule has 0 saturated carbocycles. The number of hydrogen-bond acceptors (Lipinski definition) is 2. The number of anilines is 1. The van der Waals surface area contributed by atoms with Gasteiger partial charge in [-0.05, 0) is 19.1 Å². The Balaban J connectivity index is 0.000000980. The van der Waals surface area contributed by atoms with Gasteiger partial charge in [0.25, 0.3) is 0 Å². The summed E-state index contributed by atoms with van der Waals surface area (Å²) in [6.07, 6.45) is 3.67. The van der Waals surface area contributed by atoms with Crippen LogP contribution in [-0.4, -0.2) is 9.55 Å². The molecular weight excluding hydrogens is 198 g/mol.